The predicted octanol–water partition coefficient (Wildman–Crippen LogP) is 3.09. The fourth-order valence-electron chi connectivity index (χ4n) is 2.09. The van der Waals surface area contributed by atoms with Crippen molar-refractivity contribution in [2.75, 3.05) is 16.9 Å². The molecule has 0 bridgehead atoms. The van der Waals surface area contributed by atoms with Gasteiger partial charge in [0.2, 0.25) is 11.1 Å². The van der Waals surface area contributed by atoms with Crippen molar-refractivity contribution in [1.82, 2.24) is 14.9 Å². The molecule has 1 heterocycles. The largest absolute Gasteiger partial charge is 0.482 e. The Bertz CT molecular complexity index is 953. The number of carbonyl (C=O) groups is 1. The smallest absolute Gasteiger partial charge is 0.234 e. The summed E-state index contributed by atoms with van der Waals surface area (Å²) in [5.74, 6) is 5.62. The Hall–Kier alpha value is -2.78. The molecule has 0 spiro atoms. The maximum absolute atomic E-state index is 13.6. The lowest BCUT2D eigenvalue weighted by molar-refractivity contribution is -0.113. The maximum Gasteiger partial charge on any atom is 0.234 e. The van der Waals surface area contributed by atoms with Gasteiger partial charge in [-0.2, -0.15) is 0 Å². The highest BCUT2D eigenvalue weighted by molar-refractivity contribution is 7.99. The molecule has 3 aromatic rings. The van der Waals surface area contributed by atoms with Crippen molar-refractivity contribution in [2.24, 2.45) is 0 Å². The average molecular weight is 408 g/mol. The molecule has 0 unspecified atom stereocenters. The third kappa shape index (κ3) is 4.89. The van der Waals surface area contributed by atoms with E-state index < -0.39 is 5.82 Å². The molecule has 0 fully saturated rings. The lowest BCUT2D eigenvalue weighted by atomic mass is 10.3. The highest BCUT2D eigenvalue weighted by atomic mass is 35.5. The molecule has 10 heteroatoms. The van der Waals surface area contributed by atoms with Crippen LogP contribution in [-0.4, -0.2) is 26.5 Å². The summed E-state index contributed by atoms with van der Waals surface area (Å²) in [5, 5.41) is 11.3. The molecule has 140 valence electrons. The van der Waals surface area contributed by atoms with Crippen molar-refractivity contribution in [2.45, 2.75) is 11.8 Å². The highest BCUT2D eigenvalue weighted by Crippen LogP contribution is 2.22. The molecule has 0 aliphatic carbocycles. The van der Waals surface area contributed by atoms with Gasteiger partial charge in [0.1, 0.15) is 6.61 Å². The zero-order valence-electron chi connectivity index (χ0n) is 13.9. The third-order valence-electron chi connectivity index (χ3n) is 3.41. The van der Waals surface area contributed by atoms with Crippen molar-refractivity contribution in [1.29, 1.82) is 0 Å². The minimum absolute atomic E-state index is 0.0587. The van der Waals surface area contributed by atoms with E-state index in [1.807, 2.05) is 0 Å². The molecule has 0 aliphatic rings. The van der Waals surface area contributed by atoms with E-state index in [1.165, 1.54) is 16.8 Å². The van der Waals surface area contributed by atoms with Gasteiger partial charge < -0.3 is 15.9 Å². The van der Waals surface area contributed by atoms with Crippen LogP contribution in [0.4, 0.5) is 10.1 Å². The van der Waals surface area contributed by atoms with Crippen LogP contribution in [0.3, 0.4) is 0 Å². The van der Waals surface area contributed by atoms with E-state index in [0.29, 0.717) is 21.7 Å². The van der Waals surface area contributed by atoms with Crippen LogP contribution in [0.25, 0.3) is 0 Å². The van der Waals surface area contributed by atoms with Gasteiger partial charge in [0.05, 0.1) is 16.5 Å². The van der Waals surface area contributed by atoms with Gasteiger partial charge in [-0.05, 0) is 24.3 Å². The first-order valence-corrected chi connectivity index (χ1v) is 9.15. The molecule has 2 aromatic carbocycles. The second-order valence-electron chi connectivity index (χ2n) is 5.30. The predicted molar refractivity (Wildman–Crippen MR) is 102 cm³/mol. The topological polar surface area (TPSA) is 95.1 Å². The number of nitrogen functional groups attached to an aromatic ring is 1. The van der Waals surface area contributed by atoms with E-state index in [1.54, 1.807) is 36.4 Å². The number of aromatic nitrogens is 3. The van der Waals surface area contributed by atoms with E-state index in [9.17, 15) is 9.18 Å². The summed E-state index contributed by atoms with van der Waals surface area (Å²) in [5.41, 5.74) is 0.526. The van der Waals surface area contributed by atoms with Crippen LogP contribution in [0.15, 0.2) is 53.7 Å². The number of thioether (sulfide) groups is 1. The molecule has 1 aromatic heterocycles. The van der Waals surface area contributed by atoms with Gasteiger partial charge in [0, 0.05) is 0 Å². The van der Waals surface area contributed by atoms with Crippen LogP contribution >= 0.6 is 23.4 Å². The Morgan fingerprint density at radius 3 is 2.74 bits per heavy atom. The fraction of sp³-hybridized carbons (Fsp3) is 0.118. The van der Waals surface area contributed by atoms with Crippen LogP contribution in [0, 0.1) is 5.82 Å². The second-order valence-corrected chi connectivity index (χ2v) is 6.65. The van der Waals surface area contributed by atoms with Crippen molar-refractivity contribution in [3.05, 3.63) is 65.2 Å². The Morgan fingerprint density at radius 2 is 1.96 bits per heavy atom. The van der Waals surface area contributed by atoms with E-state index in [4.69, 9.17) is 22.2 Å². The summed E-state index contributed by atoms with van der Waals surface area (Å²) in [6.07, 6.45) is 0. The Labute approximate surface area is 163 Å². The molecule has 1 amide bonds. The number of nitrogens with zero attached hydrogens (tertiary/aromatic N) is 3. The molecule has 0 saturated carbocycles. The quantitative estimate of drug-likeness (QED) is 0.461. The summed E-state index contributed by atoms with van der Waals surface area (Å²) in [6.45, 7) is -0.0587. The summed E-state index contributed by atoms with van der Waals surface area (Å²) < 4.78 is 20.1. The molecular formula is C17H15ClFN5O2S. The number of anilines is 1. The number of hydrogen-bond donors (Lipinski definition) is 2. The zero-order valence-corrected chi connectivity index (χ0v) is 15.5. The first-order chi connectivity index (χ1) is 13.0. The van der Waals surface area contributed by atoms with E-state index in [2.05, 4.69) is 15.5 Å². The monoisotopic (exact) mass is 407 g/mol. The van der Waals surface area contributed by atoms with Gasteiger partial charge in [0.25, 0.3) is 0 Å². The number of nitrogens with one attached hydrogen (secondary N) is 1. The molecule has 0 atom stereocenters. The van der Waals surface area contributed by atoms with Crippen LogP contribution < -0.4 is 15.9 Å². The lowest BCUT2D eigenvalue weighted by Gasteiger charge is -2.08. The average Bonchev–Trinajstić information content (AvgIpc) is 3.01. The summed E-state index contributed by atoms with van der Waals surface area (Å²) in [4.78, 5) is 12.0. The molecule has 3 N–H and O–H groups in total. The third-order valence-corrected chi connectivity index (χ3v) is 4.68. The first-order valence-electron chi connectivity index (χ1n) is 7.78. The number of carbonyl (C=O) groups excluding carboxylic acids is 1. The number of para-hydroxylation sites is 2. The van der Waals surface area contributed by atoms with Crippen LogP contribution in [0.5, 0.6) is 5.75 Å². The van der Waals surface area contributed by atoms with Crippen molar-refractivity contribution >= 4 is 35.0 Å². The van der Waals surface area contributed by atoms with Gasteiger partial charge in [0.15, 0.2) is 17.4 Å². The first kappa shape index (κ1) is 19.0. The number of halogens is 2. The van der Waals surface area contributed by atoms with Crippen LogP contribution in [0.2, 0.25) is 5.02 Å². The molecule has 0 saturated heterocycles. The fourth-order valence-corrected chi connectivity index (χ4v) is 2.95. The number of rotatable bonds is 7. The number of amides is 1. The van der Waals surface area contributed by atoms with Crippen LogP contribution in [0.1, 0.15) is 5.82 Å². The van der Waals surface area contributed by atoms with Crippen molar-refractivity contribution in [3.63, 3.8) is 0 Å². The van der Waals surface area contributed by atoms with Gasteiger partial charge in [-0.15, -0.1) is 10.2 Å². The van der Waals surface area contributed by atoms with E-state index in [-0.39, 0.29) is 24.0 Å². The van der Waals surface area contributed by atoms with Crippen molar-refractivity contribution < 1.29 is 13.9 Å². The van der Waals surface area contributed by atoms with Gasteiger partial charge >= 0.3 is 0 Å². The highest BCUT2D eigenvalue weighted by Gasteiger charge is 2.14. The Morgan fingerprint density at radius 1 is 1.22 bits per heavy atom. The van der Waals surface area contributed by atoms with Crippen molar-refractivity contribution in [3.8, 4) is 5.75 Å². The maximum atomic E-state index is 13.6. The molecule has 0 radical (unpaired) electrons. The Kier molecular flexibility index (Phi) is 6.15. The minimum Gasteiger partial charge on any atom is -0.482 e. The summed E-state index contributed by atoms with van der Waals surface area (Å²) >= 11 is 7.11. The molecule has 7 nitrogen and oxygen atoms in total. The van der Waals surface area contributed by atoms with Gasteiger partial charge in [-0.25, -0.2) is 9.07 Å². The molecule has 27 heavy (non-hydrogen) atoms. The zero-order chi connectivity index (χ0) is 19.2. The van der Waals surface area contributed by atoms with Crippen LogP contribution in [-0.2, 0) is 11.4 Å². The van der Waals surface area contributed by atoms with E-state index >= 15 is 0 Å². The second kappa shape index (κ2) is 8.74. The summed E-state index contributed by atoms with van der Waals surface area (Å²) in [6, 6.07) is 12.9. The standard InChI is InChI=1S/C17H15ClFN5O2S/c18-11-5-1-3-7-13(11)21-16(25)10-27-17-23-22-15(24(17)20)9-26-14-8-4-2-6-12(14)19/h1-8H,9-10,20H2,(H,21,25). The normalized spacial score (nSPS) is 10.6. The van der Waals surface area contributed by atoms with Gasteiger partial charge in [-0.1, -0.05) is 47.6 Å². The molecule has 3 rings (SSSR count). The number of ether oxygens (including phenoxy) is 1. The minimum atomic E-state index is -0.480. The SMILES string of the molecule is Nn1c(COc2ccccc2F)nnc1SCC(=O)Nc1ccccc1Cl. The number of nitrogens with two attached hydrogens (primary N) is 1. The Balaban J connectivity index is 1.55. The molecular weight excluding hydrogens is 393 g/mol. The number of benzene rings is 2. The lowest BCUT2D eigenvalue weighted by Crippen LogP contribution is -2.18. The van der Waals surface area contributed by atoms with Gasteiger partial charge in [-0.3, -0.25) is 4.79 Å². The molecule has 0 aliphatic heterocycles. The summed E-state index contributed by atoms with van der Waals surface area (Å²) in [7, 11) is 0. The van der Waals surface area contributed by atoms with E-state index in [0.717, 1.165) is 11.8 Å². The number of hydrogen-bond acceptors (Lipinski definition) is 6.